The average molecular weight is 352 g/mol. The maximum atomic E-state index is 13.6. The minimum absolute atomic E-state index is 0.186. The number of rotatable bonds is 2. The molecular formula is C13H7BrClF3O. The molecule has 2 aromatic rings. The maximum Gasteiger partial charge on any atom is 0.194 e. The van der Waals surface area contributed by atoms with E-state index < -0.39 is 23.6 Å². The Morgan fingerprint density at radius 3 is 2.26 bits per heavy atom. The topological polar surface area (TPSA) is 20.2 Å². The third-order valence-corrected chi connectivity index (χ3v) is 3.44. The molecule has 100 valence electrons. The van der Waals surface area contributed by atoms with Crippen LogP contribution in [0.2, 0.25) is 5.02 Å². The highest BCUT2D eigenvalue weighted by molar-refractivity contribution is 9.10. The van der Waals surface area contributed by atoms with Gasteiger partial charge in [-0.3, -0.25) is 0 Å². The second kappa shape index (κ2) is 5.53. The standard InChI is InChI=1S/C13H7BrClF3O/c14-6-1-2-7(9(15)5-6)13(19)8-3-4-10(16)12(18)11(8)17/h1-5,13,19H. The van der Waals surface area contributed by atoms with E-state index in [9.17, 15) is 18.3 Å². The predicted molar refractivity (Wildman–Crippen MR) is 69.5 cm³/mol. The lowest BCUT2D eigenvalue weighted by molar-refractivity contribution is 0.212. The van der Waals surface area contributed by atoms with Crippen molar-refractivity contribution in [3.63, 3.8) is 0 Å². The van der Waals surface area contributed by atoms with Crippen LogP contribution < -0.4 is 0 Å². The van der Waals surface area contributed by atoms with E-state index in [2.05, 4.69) is 15.9 Å². The molecule has 0 spiro atoms. The third-order valence-electron chi connectivity index (χ3n) is 2.62. The summed E-state index contributed by atoms with van der Waals surface area (Å²) in [4.78, 5) is 0. The van der Waals surface area contributed by atoms with E-state index in [1.165, 1.54) is 12.1 Å². The molecule has 1 atom stereocenters. The van der Waals surface area contributed by atoms with Crippen molar-refractivity contribution in [3.8, 4) is 0 Å². The van der Waals surface area contributed by atoms with Crippen LogP contribution in [0.25, 0.3) is 0 Å². The first-order chi connectivity index (χ1) is 8.91. The highest BCUT2D eigenvalue weighted by Gasteiger charge is 2.22. The normalized spacial score (nSPS) is 12.5. The molecule has 0 heterocycles. The summed E-state index contributed by atoms with van der Waals surface area (Å²) in [5.74, 6) is -4.35. The van der Waals surface area contributed by atoms with E-state index in [4.69, 9.17) is 11.6 Å². The summed E-state index contributed by atoms with van der Waals surface area (Å²) in [6, 6.07) is 6.32. The van der Waals surface area contributed by atoms with Crippen LogP contribution in [0.15, 0.2) is 34.8 Å². The van der Waals surface area contributed by atoms with Crippen LogP contribution in [0.3, 0.4) is 0 Å². The molecule has 0 saturated carbocycles. The van der Waals surface area contributed by atoms with Crippen molar-refractivity contribution in [2.75, 3.05) is 0 Å². The van der Waals surface area contributed by atoms with Gasteiger partial charge in [0.1, 0.15) is 6.10 Å². The molecule has 0 bridgehead atoms. The van der Waals surface area contributed by atoms with E-state index >= 15 is 0 Å². The van der Waals surface area contributed by atoms with Crippen molar-refractivity contribution in [3.05, 3.63) is 68.4 Å². The molecule has 0 aliphatic heterocycles. The summed E-state index contributed by atoms with van der Waals surface area (Å²) in [6.07, 6.45) is -1.48. The fourth-order valence-corrected chi connectivity index (χ4v) is 2.42. The van der Waals surface area contributed by atoms with Crippen LogP contribution in [-0.4, -0.2) is 5.11 Å². The van der Waals surface area contributed by atoms with Crippen LogP contribution >= 0.6 is 27.5 Å². The van der Waals surface area contributed by atoms with Gasteiger partial charge in [-0.15, -0.1) is 0 Å². The first-order valence-electron chi connectivity index (χ1n) is 5.18. The molecule has 1 nitrogen and oxygen atoms in total. The molecule has 0 aliphatic rings. The van der Waals surface area contributed by atoms with Crippen molar-refractivity contribution < 1.29 is 18.3 Å². The minimum Gasteiger partial charge on any atom is -0.383 e. The number of benzene rings is 2. The Labute approximate surface area is 120 Å². The summed E-state index contributed by atoms with van der Waals surface area (Å²) in [5.41, 5.74) is -0.169. The zero-order valence-electron chi connectivity index (χ0n) is 9.30. The number of aliphatic hydroxyl groups is 1. The summed E-state index contributed by atoms with van der Waals surface area (Å²) in [6.45, 7) is 0. The fourth-order valence-electron chi connectivity index (χ4n) is 1.64. The molecule has 1 unspecified atom stereocenters. The van der Waals surface area contributed by atoms with Gasteiger partial charge in [0, 0.05) is 20.6 Å². The Morgan fingerprint density at radius 2 is 1.63 bits per heavy atom. The van der Waals surface area contributed by atoms with Gasteiger partial charge in [-0.25, -0.2) is 13.2 Å². The van der Waals surface area contributed by atoms with Crippen molar-refractivity contribution in [1.29, 1.82) is 0 Å². The number of hydrogen-bond acceptors (Lipinski definition) is 1. The quantitative estimate of drug-likeness (QED) is 0.784. The van der Waals surface area contributed by atoms with E-state index in [0.29, 0.717) is 4.47 Å². The van der Waals surface area contributed by atoms with Crippen molar-refractivity contribution >= 4 is 27.5 Å². The monoisotopic (exact) mass is 350 g/mol. The van der Waals surface area contributed by atoms with Crippen LogP contribution in [0.4, 0.5) is 13.2 Å². The van der Waals surface area contributed by atoms with Gasteiger partial charge in [0.25, 0.3) is 0 Å². The molecule has 6 heteroatoms. The number of halogens is 5. The Kier molecular flexibility index (Phi) is 4.18. The van der Waals surface area contributed by atoms with Gasteiger partial charge in [-0.1, -0.05) is 39.7 Å². The van der Waals surface area contributed by atoms with Gasteiger partial charge >= 0.3 is 0 Å². The van der Waals surface area contributed by atoms with Crippen LogP contribution in [0.1, 0.15) is 17.2 Å². The summed E-state index contributed by atoms with van der Waals surface area (Å²) >= 11 is 9.10. The van der Waals surface area contributed by atoms with E-state index in [1.54, 1.807) is 6.07 Å². The summed E-state index contributed by atoms with van der Waals surface area (Å²) in [5, 5.41) is 10.2. The Bertz CT molecular complexity index is 634. The number of hydrogen-bond donors (Lipinski definition) is 1. The Morgan fingerprint density at radius 1 is 1.00 bits per heavy atom. The van der Waals surface area contributed by atoms with E-state index in [0.717, 1.165) is 12.1 Å². The molecule has 19 heavy (non-hydrogen) atoms. The zero-order chi connectivity index (χ0) is 14.2. The zero-order valence-corrected chi connectivity index (χ0v) is 11.6. The van der Waals surface area contributed by atoms with E-state index in [1.807, 2.05) is 0 Å². The van der Waals surface area contributed by atoms with E-state index in [-0.39, 0.29) is 16.1 Å². The molecule has 0 amide bonds. The third kappa shape index (κ3) is 2.78. The predicted octanol–water partition coefficient (Wildman–Crippen LogP) is 4.60. The molecular weight excluding hydrogens is 344 g/mol. The first-order valence-corrected chi connectivity index (χ1v) is 6.35. The van der Waals surface area contributed by atoms with Crippen molar-refractivity contribution in [2.45, 2.75) is 6.10 Å². The lowest BCUT2D eigenvalue weighted by atomic mass is 10.0. The van der Waals surface area contributed by atoms with Gasteiger partial charge in [-0.2, -0.15) is 0 Å². The largest absolute Gasteiger partial charge is 0.383 e. The molecule has 0 radical (unpaired) electrons. The van der Waals surface area contributed by atoms with Gasteiger partial charge < -0.3 is 5.11 Å². The second-order valence-corrected chi connectivity index (χ2v) is 5.16. The lowest BCUT2D eigenvalue weighted by Gasteiger charge is -2.14. The molecule has 0 saturated heterocycles. The van der Waals surface area contributed by atoms with Gasteiger partial charge in [-0.05, 0) is 18.2 Å². The smallest absolute Gasteiger partial charge is 0.194 e. The molecule has 2 rings (SSSR count). The van der Waals surface area contributed by atoms with Gasteiger partial charge in [0.05, 0.1) is 0 Å². The molecule has 2 aromatic carbocycles. The van der Waals surface area contributed by atoms with Gasteiger partial charge in [0.15, 0.2) is 17.5 Å². The van der Waals surface area contributed by atoms with Crippen molar-refractivity contribution in [2.24, 2.45) is 0 Å². The molecule has 1 N–H and O–H groups in total. The maximum absolute atomic E-state index is 13.6. The SMILES string of the molecule is OC(c1ccc(Br)cc1Cl)c1ccc(F)c(F)c1F. The van der Waals surface area contributed by atoms with Gasteiger partial charge in [0.2, 0.25) is 0 Å². The second-order valence-electron chi connectivity index (χ2n) is 3.83. The average Bonchev–Trinajstić information content (AvgIpc) is 2.35. The van der Waals surface area contributed by atoms with Crippen LogP contribution in [0, 0.1) is 17.5 Å². The fraction of sp³-hybridized carbons (Fsp3) is 0.0769. The lowest BCUT2D eigenvalue weighted by Crippen LogP contribution is -2.06. The van der Waals surface area contributed by atoms with Crippen LogP contribution in [0.5, 0.6) is 0 Å². The summed E-state index contributed by atoms with van der Waals surface area (Å²) < 4.78 is 40.2. The highest BCUT2D eigenvalue weighted by Crippen LogP contribution is 2.32. The highest BCUT2D eigenvalue weighted by atomic mass is 79.9. The van der Waals surface area contributed by atoms with Crippen molar-refractivity contribution in [1.82, 2.24) is 0 Å². The molecule has 0 aliphatic carbocycles. The molecule has 0 fully saturated rings. The first kappa shape index (κ1) is 14.4. The Balaban J connectivity index is 2.50. The molecule has 0 aromatic heterocycles. The van der Waals surface area contributed by atoms with Crippen LogP contribution in [-0.2, 0) is 0 Å². The summed E-state index contributed by atoms with van der Waals surface area (Å²) in [7, 11) is 0. The Hall–Kier alpha value is -1.04. The number of aliphatic hydroxyl groups excluding tert-OH is 1. The minimum atomic E-state index is -1.62.